The molecule has 0 nitrogen and oxygen atoms in total. The van der Waals surface area contributed by atoms with Gasteiger partial charge in [-0.2, -0.15) is 0 Å². The quantitative estimate of drug-likeness (QED) is 0.0533. The SMILES string of the molecule is CCCCCCCCCCCCCCCCC(CCCCCCCCCCCCCC)(CCCCCCCCCCCCCCC)C(CCCCCCCCCCCC)(CCCCCCCCCCCCC)CCCCCCCCCCCCCCC. The minimum Gasteiger partial charge on any atom is -0.0654 e. The van der Waals surface area contributed by atoms with Gasteiger partial charge in [0.2, 0.25) is 0 Å². The van der Waals surface area contributed by atoms with E-state index in [0.29, 0.717) is 10.8 Å². The highest BCUT2D eigenvalue weighted by molar-refractivity contribution is 4.98. The van der Waals surface area contributed by atoms with E-state index in [1.807, 2.05) is 0 Å². The van der Waals surface area contributed by atoms with E-state index >= 15 is 0 Å². The summed E-state index contributed by atoms with van der Waals surface area (Å²) in [6.07, 6.45) is 118. The van der Waals surface area contributed by atoms with Gasteiger partial charge in [0, 0.05) is 0 Å². The van der Waals surface area contributed by atoms with Gasteiger partial charge >= 0.3 is 0 Å². The van der Waals surface area contributed by atoms with Gasteiger partial charge in [-0.3, -0.25) is 0 Å². The van der Waals surface area contributed by atoms with Crippen molar-refractivity contribution in [2.75, 3.05) is 0 Å². The molecule has 0 saturated heterocycles. The fourth-order valence-corrected chi connectivity index (χ4v) is 16.3. The molecule has 0 aromatic heterocycles. The first kappa shape index (κ1) is 87.0. The molecular weight excluding hydrogens is 1040 g/mol. The van der Waals surface area contributed by atoms with Gasteiger partial charge in [0.1, 0.15) is 0 Å². The van der Waals surface area contributed by atoms with E-state index in [4.69, 9.17) is 0 Å². The highest BCUT2D eigenvalue weighted by atomic mass is 14.5. The van der Waals surface area contributed by atoms with Crippen LogP contribution >= 0.6 is 0 Å². The van der Waals surface area contributed by atoms with Crippen molar-refractivity contribution in [2.24, 2.45) is 10.8 Å². The third kappa shape index (κ3) is 60.7. The molecular formula is C87H176. The first-order chi connectivity index (χ1) is 43.1. The topological polar surface area (TPSA) is 0 Å². The van der Waals surface area contributed by atoms with Crippen LogP contribution in [0.15, 0.2) is 0 Å². The zero-order chi connectivity index (χ0) is 62.9. The predicted octanol–water partition coefficient (Wildman–Crippen LogP) is 33.9. The van der Waals surface area contributed by atoms with Crippen LogP contribution < -0.4 is 0 Å². The molecule has 0 aromatic rings. The Kier molecular flexibility index (Phi) is 75.0. The van der Waals surface area contributed by atoms with Crippen molar-refractivity contribution in [2.45, 2.75) is 549 Å². The van der Waals surface area contributed by atoms with Crippen molar-refractivity contribution < 1.29 is 0 Å². The molecule has 0 aliphatic carbocycles. The van der Waals surface area contributed by atoms with Crippen LogP contribution in [0.4, 0.5) is 0 Å². The highest BCUT2D eigenvalue weighted by Crippen LogP contribution is 2.59. The van der Waals surface area contributed by atoms with Crippen LogP contribution in [-0.2, 0) is 0 Å². The Morgan fingerprint density at radius 1 is 0.0920 bits per heavy atom. The predicted molar refractivity (Wildman–Crippen MR) is 404 cm³/mol. The van der Waals surface area contributed by atoms with Crippen molar-refractivity contribution in [3.63, 3.8) is 0 Å². The molecule has 0 spiro atoms. The molecule has 0 saturated carbocycles. The second-order valence-corrected chi connectivity index (χ2v) is 30.7. The number of unbranched alkanes of at least 4 members (excludes halogenated alkanes) is 67. The van der Waals surface area contributed by atoms with E-state index in [-0.39, 0.29) is 0 Å². The van der Waals surface area contributed by atoms with Gasteiger partial charge < -0.3 is 0 Å². The lowest BCUT2D eigenvalue weighted by molar-refractivity contribution is -0.0310. The molecule has 0 amide bonds. The normalized spacial score (nSPS) is 13.3. The summed E-state index contributed by atoms with van der Waals surface area (Å²) in [5.74, 6) is 0. The molecule has 0 heterocycles. The van der Waals surface area contributed by atoms with Gasteiger partial charge in [-0.1, -0.05) is 510 Å². The van der Waals surface area contributed by atoms with Gasteiger partial charge in [-0.25, -0.2) is 0 Å². The van der Waals surface area contributed by atoms with Crippen LogP contribution in [0, 0.1) is 10.8 Å². The minimum atomic E-state index is 0.551. The highest BCUT2D eigenvalue weighted by Gasteiger charge is 2.48. The van der Waals surface area contributed by atoms with E-state index in [1.54, 1.807) is 38.5 Å². The molecule has 0 aliphatic rings. The Bertz CT molecular complexity index is 1180. The molecule has 2 atom stereocenters. The maximum absolute atomic E-state index is 2.38. The molecule has 0 aromatic carbocycles. The summed E-state index contributed by atoms with van der Waals surface area (Å²) in [4.78, 5) is 0. The van der Waals surface area contributed by atoms with Crippen LogP contribution in [0.25, 0.3) is 0 Å². The molecule has 0 rings (SSSR count). The zero-order valence-electron chi connectivity index (χ0n) is 62.9. The lowest BCUT2D eigenvalue weighted by atomic mass is 9.51. The first-order valence-corrected chi connectivity index (χ1v) is 43.1. The smallest absolute Gasteiger partial charge is 0.0241 e. The van der Waals surface area contributed by atoms with Crippen molar-refractivity contribution in [1.82, 2.24) is 0 Å². The maximum atomic E-state index is 2.38. The second kappa shape index (κ2) is 75.0. The number of rotatable bonds is 80. The van der Waals surface area contributed by atoms with Crippen LogP contribution in [0.2, 0.25) is 0 Å². The molecule has 0 radical (unpaired) electrons. The Morgan fingerprint density at radius 2 is 0.161 bits per heavy atom. The van der Waals surface area contributed by atoms with Crippen molar-refractivity contribution in [1.29, 1.82) is 0 Å². The monoisotopic (exact) mass is 1220 g/mol. The van der Waals surface area contributed by atoms with Gasteiger partial charge in [-0.05, 0) is 49.4 Å². The molecule has 524 valence electrons. The molecule has 0 fully saturated rings. The summed E-state index contributed by atoms with van der Waals surface area (Å²) in [6.45, 7) is 14.2. The fourth-order valence-electron chi connectivity index (χ4n) is 16.3. The summed E-state index contributed by atoms with van der Waals surface area (Å²) < 4.78 is 0. The lowest BCUT2D eigenvalue weighted by Crippen LogP contribution is -2.43. The summed E-state index contributed by atoms with van der Waals surface area (Å²) in [5.41, 5.74) is 1.10. The van der Waals surface area contributed by atoms with Crippen LogP contribution in [0.5, 0.6) is 0 Å². The van der Waals surface area contributed by atoms with Crippen molar-refractivity contribution in [3.8, 4) is 0 Å². The third-order valence-electron chi connectivity index (χ3n) is 22.4. The van der Waals surface area contributed by atoms with E-state index in [9.17, 15) is 0 Å². The minimum absolute atomic E-state index is 0.551. The standard InChI is InChI=1S/C87H176/c1-7-13-19-25-31-37-43-47-50-55-61-67-73-79-85-87(82-76-70-64-58-52-46-40-34-28-22-16-10-4,84-78-72-66-60-54-49-45-39-33-27-21-15-9-3)86(80-74-68-62-56-42-36-30-24-18-12-6,81-75-69-63-57-51-41-35-29-23-17-11-5)83-77-71-65-59-53-48-44-38-32-26-20-14-8-2/h7-85H2,1-6H3. The first-order valence-electron chi connectivity index (χ1n) is 43.1. The van der Waals surface area contributed by atoms with Gasteiger partial charge in [0.15, 0.2) is 0 Å². The fraction of sp³-hybridized carbons (Fsp3) is 1.00. The van der Waals surface area contributed by atoms with Crippen LogP contribution in [0.1, 0.15) is 549 Å². The average Bonchev–Trinajstić information content (AvgIpc) is 1.50. The Morgan fingerprint density at radius 3 is 0.241 bits per heavy atom. The summed E-state index contributed by atoms with van der Waals surface area (Å²) in [5, 5.41) is 0. The molecule has 0 bridgehead atoms. The maximum Gasteiger partial charge on any atom is -0.0241 e. The van der Waals surface area contributed by atoms with Gasteiger partial charge in [0.25, 0.3) is 0 Å². The van der Waals surface area contributed by atoms with Gasteiger partial charge in [-0.15, -0.1) is 0 Å². The lowest BCUT2D eigenvalue weighted by Gasteiger charge is -2.53. The molecule has 0 heteroatoms. The Balaban J connectivity index is 6.81. The summed E-state index contributed by atoms with van der Waals surface area (Å²) >= 11 is 0. The second-order valence-electron chi connectivity index (χ2n) is 30.7. The van der Waals surface area contributed by atoms with Crippen molar-refractivity contribution in [3.05, 3.63) is 0 Å². The number of hydrogen-bond acceptors (Lipinski definition) is 0. The Labute approximate surface area is 556 Å². The van der Waals surface area contributed by atoms with Crippen molar-refractivity contribution >= 4 is 0 Å². The van der Waals surface area contributed by atoms with Crippen LogP contribution in [0.3, 0.4) is 0 Å². The van der Waals surface area contributed by atoms with E-state index in [2.05, 4.69) is 41.5 Å². The molecule has 87 heavy (non-hydrogen) atoms. The molecule has 2 unspecified atom stereocenters. The van der Waals surface area contributed by atoms with E-state index < -0.39 is 0 Å². The van der Waals surface area contributed by atoms with Crippen LogP contribution in [-0.4, -0.2) is 0 Å². The largest absolute Gasteiger partial charge is 0.0654 e. The summed E-state index contributed by atoms with van der Waals surface area (Å²) in [6, 6.07) is 0. The van der Waals surface area contributed by atoms with Gasteiger partial charge in [0.05, 0.1) is 0 Å². The average molecular weight is 1220 g/mol. The molecule has 0 N–H and O–H groups in total. The zero-order valence-corrected chi connectivity index (χ0v) is 62.9. The number of hydrogen-bond donors (Lipinski definition) is 0. The Hall–Kier alpha value is 0. The van der Waals surface area contributed by atoms with E-state index in [1.165, 1.54) is 469 Å². The summed E-state index contributed by atoms with van der Waals surface area (Å²) in [7, 11) is 0. The molecule has 0 aliphatic heterocycles. The van der Waals surface area contributed by atoms with E-state index in [0.717, 1.165) is 0 Å². The third-order valence-corrected chi connectivity index (χ3v) is 22.4.